The number of ether oxygens (including phenoxy) is 2. The maximum Gasteiger partial charge on any atom is 0.338 e. The number of rotatable bonds is 8. The second kappa shape index (κ2) is 10.3. The molecule has 0 fully saturated rings. The Balaban J connectivity index is 2.69. The molecule has 0 saturated carbocycles. The van der Waals surface area contributed by atoms with Gasteiger partial charge in [-0.3, -0.25) is 0 Å². The van der Waals surface area contributed by atoms with Crippen molar-refractivity contribution in [2.45, 2.75) is 41.0 Å². The zero-order valence-electron chi connectivity index (χ0n) is 15.4. The molecule has 0 aliphatic carbocycles. The van der Waals surface area contributed by atoms with Crippen LogP contribution < -0.4 is 4.74 Å². The van der Waals surface area contributed by atoms with Crippen molar-refractivity contribution in [3.05, 3.63) is 29.8 Å². The Morgan fingerprint density at radius 1 is 1.08 bits per heavy atom. The van der Waals surface area contributed by atoms with Crippen molar-refractivity contribution in [2.24, 2.45) is 11.8 Å². The average Bonchev–Trinajstić information content (AvgIpc) is 2.51. The lowest BCUT2D eigenvalue weighted by Gasteiger charge is -2.28. The second-order valence-electron chi connectivity index (χ2n) is 6.72. The van der Waals surface area contributed by atoms with Gasteiger partial charge in [0.1, 0.15) is 5.75 Å². The summed E-state index contributed by atoms with van der Waals surface area (Å²) in [6, 6.07) is 6.89. The average molecular weight is 352 g/mol. The van der Waals surface area contributed by atoms with Crippen LogP contribution in [0.2, 0.25) is 0 Å². The van der Waals surface area contributed by atoms with Crippen molar-refractivity contribution >= 4 is 23.4 Å². The van der Waals surface area contributed by atoms with E-state index in [1.807, 2.05) is 6.92 Å². The van der Waals surface area contributed by atoms with Crippen molar-refractivity contribution in [1.29, 1.82) is 0 Å². The third kappa shape index (κ3) is 7.30. The molecule has 0 aromatic heterocycles. The number of carbonyl (C=O) groups is 1. The monoisotopic (exact) mass is 351 g/mol. The molecule has 0 heterocycles. The highest BCUT2D eigenvalue weighted by atomic mass is 32.1. The Bertz CT molecular complexity index is 516. The zero-order valence-corrected chi connectivity index (χ0v) is 16.2. The van der Waals surface area contributed by atoms with Gasteiger partial charge in [-0.05, 0) is 54.7 Å². The highest BCUT2D eigenvalue weighted by molar-refractivity contribution is 7.80. The van der Waals surface area contributed by atoms with E-state index in [1.54, 1.807) is 24.3 Å². The molecule has 0 bridgehead atoms. The van der Waals surface area contributed by atoms with Crippen LogP contribution in [-0.2, 0) is 4.74 Å². The lowest BCUT2D eigenvalue weighted by molar-refractivity contribution is 0.0505. The molecule has 0 radical (unpaired) electrons. The van der Waals surface area contributed by atoms with Gasteiger partial charge in [-0.15, -0.1) is 0 Å². The number of hydrogen-bond donors (Lipinski definition) is 0. The van der Waals surface area contributed by atoms with E-state index in [0.717, 1.165) is 19.5 Å². The minimum Gasteiger partial charge on any atom is -0.462 e. The highest BCUT2D eigenvalue weighted by Gasteiger charge is 2.15. The van der Waals surface area contributed by atoms with Gasteiger partial charge in [-0.25, -0.2) is 4.79 Å². The summed E-state index contributed by atoms with van der Waals surface area (Å²) in [6.45, 7) is 12.8. The van der Waals surface area contributed by atoms with E-state index in [4.69, 9.17) is 21.7 Å². The number of carbonyl (C=O) groups excluding carboxylic acids is 1. The van der Waals surface area contributed by atoms with Crippen LogP contribution in [0.3, 0.4) is 0 Å². The van der Waals surface area contributed by atoms with Crippen molar-refractivity contribution in [2.75, 3.05) is 19.7 Å². The third-order valence-electron chi connectivity index (χ3n) is 3.16. The number of nitrogens with zero attached hydrogens (tertiary/aromatic N) is 1. The lowest BCUT2D eigenvalue weighted by atomic mass is 10.1. The molecule has 1 aromatic carbocycles. The molecule has 0 aliphatic heterocycles. The van der Waals surface area contributed by atoms with Crippen LogP contribution in [0.25, 0.3) is 0 Å². The summed E-state index contributed by atoms with van der Waals surface area (Å²) in [5.74, 6) is 1.32. The number of esters is 1. The van der Waals surface area contributed by atoms with Gasteiger partial charge in [-0.2, -0.15) is 0 Å². The highest BCUT2D eigenvalue weighted by Crippen LogP contribution is 2.15. The molecule has 0 saturated heterocycles. The maximum absolute atomic E-state index is 11.8. The number of hydrogen-bond acceptors (Lipinski definition) is 4. The molecule has 0 spiro atoms. The molecule has 4 nitrogen and oxygen atoms in total. The van der Waals surface area contributed by atoms with Crippen LogP contribution in [0.15, 0.2) is 24.3 Å². The first kappa shape index (κ1) is 20.4. The van der Waals surface area contributed by atoms with Gasteiger partial charge < -0.3 is 14.4 Å². The number of thiocarbonyl (C=S) groups is 1. The van der Waals surface area contributed by atoms with Crippen molar-refractivity contribution < 1.29 is 14.3 Å². The normalized spacial score (nSPS) is 10.8. The van der Waals surface area contributed by atoms with Crippen molar-refractivity contribution in [1.82, 2.24) is 4.90 Å². The smallest absolute Gasteiger partial charge is 0.338 e. The van der Waals surface area contributed by atoms with Crippen LogP contribution in [0, 0.1) is 11.8 Å². The molecule has 1 aromatic rings. The molecule has 0 aliphatic rings. The van der Waals surface area contributed by atoms with Crippen molar-refractivity contribution in [3.8, 4) is 5.75 Å². The first-order chi connectivity index (χ1) is 11.3. The SMILES string of the molecule is CCCOC(=O)c1ccc(OC(=S)N(CC(C)C)CC(C)C)cc1. The fourth-order valence-electron chi connectivity index (χ4n) is 2.21. The molecule has 5 heteroatoms. The van der Waals surface area contributed by atoms with Crippen LogP contribution in [0.1, 0.15) is 51.4 Å². The van der Waals surface area contributed by atoms with Crippen LogP contribution >= 0.6 is 12.2 Å². The van der Waals surface area contributed by atoms with Gasteiger partial charge in [-0.1, -0.05) is 34.6 Å². The summed E-state index contributed by atoms with van der Waals surface area (Å²) in [5.41, 5.74) is 0.517. The molecule has 134 valence electrons. The summed E-state index contributed by atoms with van der Waals surface area (Å²) < 4.78 is 10.9. The van der Waals surface area contributed by atoms with Crippen LogP contribution in [0.4, 0.5) is 0 Å². The molecule has 0 unspecified atom stereocenters. The largest absolute Gasteiger partial charge is 0.462 e. The van der Waals surface area contributed by atoms with Gasteiger partial charge in [0.15, 0.2) is 0 Å². The summed E-state index contributed by atoms with van der Waals surface area (Å²) in [7, 11) is 0. The zero-order chi connectivity index (χ0) is 18.1. The summed E-state index contributed by atoms with van der Waals surface area (Å²) in [6.07, 6.45) is 0.808. The van der Waals surface area contributed by atoms with E-state index in [1.165, 1.54) is 0 Å². The lowest BCUT2D eigenvalue weighted by Crippen LogP contribution is -2.38. The molecule has 0 amide bonds. The first-order valence-electron chi connectivity index (χ1n) is 8.57. The topological polar surface area (TPSA) is 38.8 Å². The van der Waals surface area contributed by atoms with Crippen LogP contribution in [0.5, 0.6) is 5.75 Å². The fourth-order valence-corrected chi connectivity index (χ4v) is 2.45. The quantitative estimate of drug-likeness (QED) is 0.508. The Hall–Kier alpha value is -1.62. The van der Waals surface area contributed by atoms with E-state index < -0.39 is 0 Å². The summed E-state index contributed by atoms with van der Waals surface area (Å²) in [5, 5.41) is 0.471. The Morgan fingerprint density at radius 2 is 1.62 bits per heavy atom. The second-order valence-corrected chi connectivity index (χ2v) is 7.07. The van der Waals surface area contributed by atoms with Gasteiger partial charge in [0.05, 0.1) is 12.2 Å². The Kier molecular flexibility index (Phi) is 8.76. The fraction of sp³-hybridized carbons (Fsp3) is 0.579. The first-order valence-corrected chi connectivity index (χ1v) is 8.98. The van der Waals surface area contributed by atoms with E-state index in [2.05, 4.69) is 32.6 Å². The van der Waals surface area contributed by atoms with Crippen LogP contribution in [-0.4, -0.2) is 35.7 Å². The molecule has 24 heavy (non-hydrogen) atoms. The Labute approximate surface area is 151 Å². The van der Waals surface area contributed by atoms with E-state index in [9.17, 15) is 4.79 Å². The van der Waals surface area contributed by atoms with Gasteiger partial charge in [0.25, 0.3) is 5.17 Å². The van der Waals surface area contributed by atoms with Gasteiger partial charge in [0.2, 0.25) is 0 Å². The van der Waals surface area contributed by atoms with Gasteiger partial charge >= 0.3 is 5.97 Å². The molecule has 1 rings (SSSR count). The summed E-state index contributed by atoms with van der Waals surface area (Å²) >= 11 is 5.45. The van der Waals surface area contributed by atoms with E-state index >= 15 is 0 Å². The Morgan fingerprint density at radius 3 is 2.08 bits per heavy atom. The molecule has 0 N–H and O–H groups in total. The standard InChI is InChI=1S/C19H29NO3S/c1-6-11-22-18(21)16-7-9-17(10-8-16)23-19(24)20(12-14(2)3)13-15(4)5/h7-10,14-15H,6,11-13H2,1-5H3. The molecule has 0 atom stereocenters. The predicted octanol–water partition coefficient (Wildman–Crippen LogP) is 4.53. The van der Waals surface area contributed by atoms with E-state index in [0.29, 0.717) is 34.9 Å². The van der Waals surface area contributed by atoms with Crippen molar-refractivity contribution in [3.63, 3.8) is 0 Å². The molecular formula is C19H29NO3S. The van der Waals surface area contributed by atoms with E-state index in [-0.39, 0.29) is 5.97 Å². The molecular weight excluding hydrogens is 322 g/mol. The maximum atomic E-state index is 11.8. The minimum atomic E-state index is -0.313. The van der Waals surface area contributed by atoms with Gasteiger partial charge in [0, 0.05) is 13.1 Å². The number of benzene rings is 1. The third-order valence-corrected chi connectivity index (χ3v) is 3.50. The minimum absolute atomic E-state index is 0.313. The predicted molar refractivity (Wildman–Crippen MR) is 101 cm³/mol. The summed E-state index contributed by atoms with van der Waals surface area (Å²) in [4.78, 5) is 13.9.